The molecule has 0 rings (SSSR count). The average Bonchev–Trinajstić information content (AvgIpc) is 3.49. The molecule has 0 aliphatic rings. The summed E-state index contributed by atoms with van der Waals surface area (Å²) in [4.78, 5) is 38.4. The number of esters is 3. The van der Waals surface area contributed by atoms with Gasteiger partial charge in [-0.15, -0.1) is 0 Å². The number of ether oxygens (including phenoxy) is 3. The number of carbonyl (C=O) groups is 3. The molecule has 1 atom stereocenters. The molecule has 0 aromatic heterocycles. The van der Waals surface area contributed by atoms with Crippen LogP contribution in [-0.2, 0) is 28.6 Å². The summed E-state index contributed by atoms with van der Waals surface area (Å²) in [6.45, 7) is 6.54. The van der Waals surface area contributed by atoms with E-state index in [1.165, 1.54) is 167 Å². The second-order valence-electron chi connectivity index (χ2n) is 23.1. The molecule has 0 heterocycles. The summed E-state index contributed by atoms with van der Waals surface area (Å²) in [5.74, 6) is -0.886. The van der Waals surface area contributed by atoms with Crippen molar-refractivity contribution < 1.29 is 28.6 Å². The maximum absolute atomic E-state index is 12.9. The van der Waals surface area contributed by atoms with Crippen molar-refractivity contribution in [1.82, 2.24) is 0 Å². The van der Waals surface area contributed by atoms with Gasteiger partial charge in [0.25, 0.3) is 0 Å². The Morgan fingerprint density at radius 3 is 0.747 bits per heavy atom. The van der Waals surface area contributed by atoms with Crippen LogP contribution >= 0.6 is 0 Å². The van der Waals surface area contributed by atoms with Gasteiger partial charge < -0.3 is 14.2 Å². The zero-order valence-corrected chi connectivity index (χ0v) is 54.4. The van der Waals surface area contributed by atoms with Crippen molar-refractivity contribution in [2.24, 2.45) is 0 Å². The number of hydrogen-bond donors (Lipinski definition) is 0. The zero-order valence-electron chi connectivity index (χ0n) is 54.4. The Labute approximate surface area is 513 Å². The highest BCUT2D eigenvalue weighted by molar-refractivity contribution is 5.71. The van der Waals surface area contributed by atoms with Gasteiger partial charge in [-0.05, 0) is 116 Å². The van der Waals surface area contributed by atoms with Gasteiger partial charge in [0, 0.05) is 19.3 Å². The number of hydrogen-bond acceptors (Lipinski definition) is 6. The van der Waals surface area contributed by atoms with Crippen molar-refractivity contribution >= 4 is 17.9 Å². The van der Waals surface area contributed by atoms with Crippen molar-refractivity contribution in [3.8, 4) is 0 Å². The SMILES string of the molecule is CC/C=C\C/C=C\C/C=C\C/C=C\C/C=C\C/C=C\C/C=C\C/C=C\C/C=C\CCCCCCCCCC(=O)OCC(COC(=O)CCCCCCCCCCCCCC)OC(=O)CCCCCCCCC/C=C\CCCCCCCCC. The van der Waals surface area contributed by atoms with Crippen molar-refractivity contribution in [3.63, 3.8) is 0 Å². The molecule has 0 saturated heterocycles. The van der Waals surface area contributed by atoms with Crippen LogP contribution in [0.4, 0.5) is 0 Å². The molecule has 0 fully saturated rings. The standard InChI is InChI=1S/C77H130O6/c1-4-7-10-13-16-19-22-25-27-29-31-32-33-34-35-36-37-38-39-40-41-42-43-44-45-46-47-49-50-52-55-58-61-64-67-70-76(79)82-73-74(72-81-75(78)69-66-63-60-57-54-24-21-18-15-12-9-6-3)83-77(80)71-68-65-62-59-56-53-51-48-30-28-26-23-20-17-14-11-8-5-2/h7,10,16,19,25,27-28,30-32,34-35,37-38,40-41,43-44,46-47,74H,4-6,8-9,11-15,17-18,20-24,26,29,33,36,39,42,45,48-73H2,1-3H3/b10-7-,19-16-,27-25-,30-28-,32-31-,35-34-,38-37-,41-40-,44-43-,47-46-. The summed E-state index contributed by atoms with van der Waals surface area (Å²) in [5.41, 5.74) is 0. The highest BCUT2D eigenvalue weighted by Crippen LogP contribution is 2.16. The number of carbonyl (C=O) groups excluding carboxylic acids is 3. The Balaban J connectivity index is 4.26. The Bertz CT molecular complexity index is 1700. The second kappa shape index (κ2) is 70.3. The number of unbranched alkanes of at least 4 members (excludes halogenated alkanes) is 32. The minimum atomic E-state index is -0.786. The van der Waals surface area contributed by atoms with Crippen molar-refractivity contribution in [2.45, 2.75) is 335 Å². The van der Waals surface area contributed by atoms with Crippen molar-refractivity contribution in [1.29, 1.82) is 0 Å². The van der Waals surface area contributed by atoms with Gasteiger partial charge in [0.2, 0.25) is 0 Å². The van der Waals surface area contributed by atoms with E-state index in [2.05, 4.69) is 142 Å². The third-order valence-electron chi connectivity index (χ3n) is 15.0. The number of allylic oxidation sites excluding steroid dienone is 20. The molecule has 6 heteroatoms. The zero-order chi connectivity index (χ0) is 59.9. The minimum absolute atomic E-state index is 0.0810. The summed E-state index contributed by atoms with van der Waals surface area (Å²) < 4.78 is 16.9. The van der Waals surface area contributed by atoms with Crippen LogP contribution in [0.15, 0.2) is 122 Å². The van der Waals surface area contributed by atoms with Crippen LogP contribution in [0.3, 0.4) is 0 Å². The van der Waals surface area contributed by atoms with Crippen LogP contribution in [-0.4, -0.2) is 37.2 Å². The normalized spacial score (nSPS) is 12.9. The first-order valence-corrected chi connectivity index (χ1v) is 35.0. The van der Waals surface area contributed by atoms with E-state index in [-0.39, 0.29) is 31.1 Å². The van der Waals surface area contributed by atoms with Gasteiger partial charge in [0.05, 0.1) is 0 Å². The molecular weight excluding hydrogens is 1020 g/mol. The molecule has 0 amide bonds. The second-order valence-corrected chi connectivity index (χ2v) is 23.1. The summed E-state index contributed by atoms with van der Waals surface area (Å²) in [5, 5.41) is 0. The predicted molar refractivity (Wildman–Crippen MR) is 362 cm³/mol. The van der Waals surface area contributed by atoms with E-state index in [0.29, 0.717) is 19.3 Å². The molecule has 0 aromatic rings. The van der Waals surface area contributed by atoms with Gasteiger partial charge in [-0.1, -0.05) is 316 Å². The topological polar surface area (TPSA) is 78.9 Å². The Morgan fingerprint density at radius 2 is 0.470 bits per heavy atom. The molecule has 0 aliphatic carbocycles. The fourth-order valence-corrected chi connectivity index (χ4v) is 9.73. The van der Waals surface area contributed by atoms with Crippen LogP contribution in [0, 0.1) is 0 Å². The van der Waals surface area contributed by atoms with Crippen LogP contribution < -0.4 is 0 Å². The molecule has 0 aromatic carbocycles. The lowest BCUT2D eigenvalue weighted by Crippen LogP contribution is -2.30. The summed E-state index contributed by atoms with van der Waals surface area (Å²) >= 11 is 0. The molecule has 83 heavy (non-hydrogen) atoms. The highest BCUT2D eigenvalue weighted by Gasteiger charge is 2.19. The smallest absolute Gasteiger partial charge is 0.306 e. The predicted octanol–water partition coefficient (Wildman–Crippen LogP) is 24.3. The molecule has 0 spiro atoms. The van der Waals surface area contributed by atoms with Gasteiger partial charge in [0.15, 0.2) is 6.10 Å². The van der Waals surface area contributed by atoms with Crippen LogP contribution in [0.5, 0.6) is 0 Å². The van der Waals surface area contributed by atoms with Gasteiger partial charge >= 0.3 is 17.9 Å². The Hall–Kier alpha value is -4.19. The third kappa shape index (κ3) is 68.5. The summed E-state index contributed by atoms with van der Waals surface area (Å²) in [6.07, 6.45) is 97.9. The van der Waals surface area contributed by atoms with Crippen molar-refractivity contribution in [3.05, 3.63) is 122 Å². The molecule has 0 N–H and O–H groups in total. The fraction of sp³-hybridized carbons (Fsp3) is 0.701. The van der Waals surface area contributed by atoms with Crippen LogP contribution in [0.25, 0.3) is 0 Å². The van der Waals surface area contributed by atoms with E-state index >= 15 is 0 Å². The van der Waals surface area contributed by atoms with E-state index in [1.54, 1.807) is 0 Å². The van der Waals surface area contributed by atoms with Gasteiger partial charge in [-0.3, -0.25) is 14.4 Å². The van der Waals surface area contributed by atoms with Gasteiger partial charge in [-0.25, -0.2) is 0 Å². The average molecular weight is 1150 g/mol. The molecule has 0 bridgehead atoms. The molecular formula is C77H130O6. The molecule has 0 saturated carbocycles. The van der Waals surface area contributed by atoms with Crippen LogP contribution in [0.1, 0.15) is 329 Å². The lowest BCUT2D eigenvalue weighted by Gasteiger charge is -2.18. The maximum Gasteiger partial charge on any atom is 0.306 e. The van der Waals surface area contributed by atoms with Crippen LogP contribution in [0.2, 0.25) is 0 Å². The monoisotopic (exact) mass is 1150 g/mol. The first-order valence-electron chi connectivity index (χ1n) is 35.0. The van der Waals surface area contributed by atoms with E-state index < -0.39 is 6.10 Å². The van der Waals surface area contributed by atoms with E-state index in [1.807, 2.05) is 0 Å². The van der Waals surface area contributed by atoms with Crippen molar-refractivity contribution in [2.75, 3.05) is 13.2 Å². The Kier molecular flexibility index (Phi) is 66.7. The molecule has 0 radical (unpaired) electrons. The Morgan fingerprint density at radius 1 is 0.253 bits per heavy atom. The van der Waals surface area contributed by atoms with E-state index in [4.69, 9.17) is 14.2 Å². The fourth-order valence-electron chi connectivity index (χ4n) is 9.73. The summed E-state index contributed by atoms with van der Waals surface area (Å²) in [7, 11) is 0. The molecule has 1 unspecified atom stereocenters. The molecule has 6 nitrogen and oxygen atoms in total. The number of rotatable bonds is 63. The van der Waals surface area contributed by atoms with E-state index in [0.717, 1.165) is 122 Å². The first-order chi connectivity index (χ1) is 41.0. The lowest BCUT2D eigenvalue weighted by molar-refractivity contribution is -0.167. The largest absolute Gasteiger partial charge is 0.462 e. The van der Waals surface area contributed by atoms with Gasteiger partial charge in [0.1, 0.15) is 13.2 Å². The highest BCUT2D eigenvalue weighted by atomic mass is 16.6. The van der Waals surface area contributed by atoms with Gasteiger partial charge in [-0.2, -0.15) is 0 Å². The quantitative estimate of drug-likeness (QED) is 0.0261. The van der Waals surface area contributed by atoms with E-state index in [9.17, 15) is 14.4 Å². The third-order valence-corrected chi connectivity index (χ3v) is 15.0. The minimum Gasteiger partial charge on any atom is -0.462 e. The maximum atomic E-state index is 12.9. The molecule has 474 valence electrons. The molecule has 0 aliphatic heterocycles. The lowest BCUT2D eigenvalue weighted by atomic mass is 10.0. The summed E-state index contributed by atoms with van der Waals surface area (Å²) in [6, 6.07) is 0. The first kappa shape index (κ1) is 78.8.